The van der Waals surface area contributed by atoms with Gasteiger partial charge in [-0.15, -0.1) is 0 Å². The van der Waals surface area contributed by atoms with E-state index in [0.717, 1.165) is 16.9 Å². The molecule has 0 aliphatic heterocycles. The van der Waals surface area contributed by atoms with Crippen LogP contribution in [0.5, 0.6) is 5.75 Å². The number of halogens is 1. The molecule has 0 bridgehead atoms. The Hall–Kier alpha value is -3.52. The minimum atomic E-state index is -1.40. The fraction of sp³-hybridized carbons (Fsp3) is 0.320. The minimum Gasteiger partial charge on any atom is -0.495 e. The van der Waals surface area contributed by atoms with E-state index in [1.807, 2.05) is 42.8 Å². The van der Waals surface area contributed by atoms with Crippen LogP contribution < -0.4 is 4.74 Å². The number of aliphatic hydroxyl groups is 1. The first kappa shape index (κ1) is 22.7. The summed E-state index contributed by atoms with van der Waals surface area (Å²) < 4.78 is 22.8. The van der Waals surface area contributed by atoms with Gasteiger partial charge in [0.25, 0.3) is 0 Å². The Morgan fingerprint density at radius 3 is 2.58 bits per heavy atom. The molecule has 0 radical (unpaired) electrons. The summed E-state index contributed by atoms with van der Waals surface area (Å²) in [4.78, 5) is 9.00. The minimum absolute atomic E-state index is 0.339. The van der Waals surface area contributed by atoms with E-state index in [1.54, 1.807) is 38.2 Å². The molecule has 2 aromatic carbocycles. The zero-order chi connectivity index (χ0) is 23.8. The van der Waals surface area contributed by atoms with Gasteiger partial charge in [-0.1, -0.05) is 19.4 Å². The number of hydrogen-bond donors (Lipinski definition) is 1. The van der Waals surface area contributed by atoms with Crippen molar-refractivity contribution >= 4 is 0 Å². The van der Waals surface area contributed by atoms with Crippen molar-refractivity contribution in [3.63, 3.8) is 0 Å². The molecule has 4 rings (SSSR count). The number of rotatable bonds is 7. The van der Waals surface area contributed by atoms with Gasteiger partial charge in [0, 0.05) is 18.8 Å². The highest BCUT2D eigenvalue weighted by molar-refractivity contribution is 5.63. The molecule has 33 heavy (non-hydrogen) atoms. The zero-order valence-corrected chi connectivity index (χ0v) is 19.5. The summed E-state index contributed by atoms with van der Waals surface area (Å²) in [5.74, 6) is 1.18. The average molecular weight is 450 g/mol. The van der Waals surface area contributed by atoms with Crippen LogP contribution in [0.2, 0.25) is 0 Å². The number of benzene rings is 2. The lowest BCUT2D eigenvalue weighted by Crippen LogP contribution is -2.32. The van der Waals surface area contributed by atoms with Gasteiger partial charge in [0.05, 0.1) is 24.8 Å². The average Bonchev–Trinajstić information content (AvgIpc) is 3.39. The molecule has 1 unspecified atom stereocenters. The maximum absolute atomic E-state index is 13.7. The molecule has 2 heterocycles. The second kappa shape index (κ2) is 8.78. The molecule has 0 aliphatic rings. The molecule has 172 valence electrons. The van der Waals surface area contributed by atoms with Gasteiger partial charge in [0.2, 0.25) is 0 Å². The summed E-state index contributed by atoms with van der Waals surface area (Å²) in [6, 6.07) is 10.1. The van der Waals surface area contributed by atoms with E-state index in [4.69, 9.17) is 9.72 Å². The van der Waals surface area contributed by atoms with Crippen LogP contribution in [0.1, 0.15) is 42.4 Å². The van der Waals surface area contributed by atoms with Crippen LogP contribution in [0.15, 0.2) is 48.9 Å². The van der Waals surface area contributed by atoms with Gasteiger partial charge in [-0.3, -0.25) is 0 Å². The monoisotopic (exact) mass is 449 g/mol. The van der Waals surface area contributed by atoms with Crippen LogP contribution in [0.3, 0.4) is 0 Å². The van der Waals surface area contributed by atoms with Crippen LogP contribution in [0.25, 0.3) is 17.1 Å². The second-order valence-electron chi connectivity index (χ2n) is 8.26. The molecule has 0 spiro atoms. The van der Waals surface area contributed by atoms with Crippen molar-refractivity contribution in [1.29, 1.82) is 0 Å². The van der Waals surface area contributed by atoms with Crippen LogP contribution in [0.4, 0.5) is 4.39 Å². The molecule has 2 aromatic heterocycles. The molecule has 0 saturated heterocycles. The largest absolute Gasteiger partial charge is 0.495 e. The van der Waals surface area contributed by atoms with Crippen molar-refractivity contribution < 1.29 is 14.2 Å². The van der Waals surface area contributed by atoms with Gasteiger partial charge >= 0.3 is 0 Å². The van der Waals surface area contributed by atoms with Crippen molar-refractivity contribution in [1.82, 2.24) is 24.3 Å². The van der Waals surface area contributed by atoms with E-state index in [2.05, 4.69) is 10.1 Å². The topological polar surface area (TPSA) is 78.0 Å². The van der Waals surface area contributed by atoms with Gasteiger partial charge in [0.15, 0.2) is 11.6 Å². The predicted molar refractivity (Wildman–Crippen MR) is 124 cm³/mol. The van der Waals surface area contributed by atoms with Crippen molar-refractivity contribution in [3.05, 3.63) is 77.4 Å². The molecule has 0 saturated carbocycles. The summed E-state index contributed by atoms with van der Waals surface area (Å²) in [6.07, 6.45) is 4.79. The lowest BCUT2D eigenvalue weighted by Gasteiger charge is -2.28. The van der Waals surface area contributed by atoms with Gasteiger partial charge in [-0.05, 0) is 61.7 Å². The van der Waals surface area contributed by atoms with Crippen LogP contribution in [-0.2, 0) is 12.6 Å². The number of methoxy groups -OCH3 is 1. The maximum atomic E-state index is 13.7. The first-order chi connectivity index (χ1) is 15.8. The van der Waals surface area contributed by atoms with Crippen molar-refractivity contribution in [2.24, 2.45) is 7.05 Å². The Kier molecular flexibility index (Phi) is 6.03. The molecule has 0 aliphatic carbocycles. The first-order valence-corrected chi connectivity index (χ1v) is 10.9. The number of imidazole rings is 1. The van der Waals surface area contributed by atoms with Gasteiger partial charge in [-0.25, -0.2) is 19.0 Å². The lowest BCUT2D eigenvalue weighted by molar-refractivity contribution is 0.0563. The molecule has 0 amide bonds. The SMILES string of the molecule is CCCC(O)(c1ccc(F)cc1C)c1nc(-c2ccc(-n3cnc(C)c3)c(OC)c2)nn1C. The normalized spacial score (nSPS) is 13.2. The van der Waals surface area contributed by atoms with E-state index in [9.17, 15) is 9.50 Å². The van der Waals surface area contributed by atoms with Gasteiger partial charge < -0.3 is 14.4 Å². The van der Waals surface area contributed by atoms with Crippen LogP contribution in [-0.4, -0.2) is 36.5 Å². The predicted octanol–water partition coefficient (Wildman–Crippen LogP) is 4.47. The van der Waals surface area contributed by atoms with E-state index >= 15 is 0 Å². The maximum Gasteiger partial charge on any atom is 0.181 e. The standard InChI is InChI=1S/C25H28FN5O2/c1-6-11-25(32,20-9-8-19(26)12-16(20)2)24-28-23(29-30(24)4)18-7-10-21(22(13-18)33-5)31-14-17(3)27-15-31/h7-10,12-15,32H,6,11H2,1-5H3. The molecular weight excluding hydrogens is 421 g/mol. The molecule has 0 fully saturated rings. The van der Waals surface area contributed by atoms with E-state index in [1.165, 1.54) is 12.1 Å². The van der Waals surface area contributed by atoms with Crippen molar-refractivity contribution in [2.45, 2.75) is 39.2 Å². The Bertz CT molecular complexity index is 1300. The highest BCUT2D eigenvalue weighted by Gasteiger charge is 2.37. The smallest absolute Gasteiger partial charge is 0.181 e. The Balaban J connectivity index is 1.79. The molecule has 8 heteroatoms. The number of ether oxygens (including phenoxy) is 1. The quantitative estimate of drug-likeness (QED) is 0.450. The highest BCUT2D eigenvalue weighted by atomic mass is 19.1. The van der Waals surface area contributed by atoms with E-state index in [0.29, 0.717) is 41.4 Å². The first-order valence-electron chi connectivity index (χ1n) is 10.9. The summed E-state index contributed by atoms with van der Waals surface area (Å²) in [5.41, 5.74) is 2.40. The fourth-order valence-electron chi connectivity index (χ4n) is 4.27. The summed E-state index contributed by atoms with van der Waals surface area (Å²) in [5, 5.41) is 16.4. The van der Waals surface area contributed by atoms with Crippen LogP contribution in [0, 0.1) is 19.7 Å². The van der Waals surface area contributed by atoms with Gasteiger partial charge in [-0.2, -0.15) is 5.10 Å². The third-order valence-corrected chi connectivity index (χ3v) is 5.81. The molecule has 1 atom stereocenters. The zero-order valence-electron chi connectivity index (χ0n) is 19.5. The molecule has 7 nitrogen and oxygen atoms in total. The summed E-state index contributed by atoms with van der Waals surface area (Å²) >= 11 is 0. The Morgan fingerprint density at radius 1 is 1.15 bits per heavy atom. The van der Waals surface area contributed by atoms with E-state index < -0.39 is 5.60 Å². The molecule has 1 N–H and O–H groups in total. The molecular formula is C25H28FN5O2. The second-order valence-corrected chi connectivity index (χ2v) is 8.26. The molecule has 4 aromatic rings. The number of nitrogens with zero attached hydrogens (tertiary/aromatic N) is 5. The fourth-order valence-corrected chi connectivity index (χ4v) is 4.27. The number of aromatic nitrogens is 5. The Morgan fingerprint density at radius 2 is 1.94 bits per heavy atom. The van der Waals surface area contributed by atoms with Crippen molar-refractivity contribution in [3.8, 4) is 22.8 Å². The number of hydrogen-bond acceptors (Lipinski definition) is 5. The van der Waals surface area contributed by atoms with E-state index in [-0.39, 0.29) is 5.82 Å². The summed E-state index contributed by atoms with van der Waals surface area (Å²) in [6.45, 7) is 5.71. The number of aryl methyl sites for hydroxylation is 3. The third kappa shape index (κ3) is 4.14. The lowest BCUT2D eigenvalue weighted by atomic mass is 9.85. The van der Waals surface area contributed by atoms with Gasteiger partial charge in [0.1, 0.15) is 17.2 Å². The summed E-state index contributed by atoms with van der Waals surface area (Å²) in [7, 11) is 3.37. The van der Waals surface area contributed by atoms with Crippen molar-refractivity contribution in [2.75, 3.05) is 7.11 Å². The Labute approximate surface area is 192 Å². The van der Waals surface area contributed by atoms with Crippen LogP contribution >= 0.6 is 0 Å². The highest BCUT2D eigenvalue weighted by Crippen LogP contribution is 2.36. The third-order valence-electron chi connectivity index (χ3n) is 5.81.